The zero-order chi connectivity index (χ0) is 17.4. The van der Waals surface area contributed by atoms with Gasteiger partial charge in [0.1, 0.15) is 5.82 Å². The fourth-order valence-corrected chi connectivity index (χ4v) is 1.92. The maximum Gasteiger partial charge on any atom is 0.276 e. The molecule has 0 aliphatic carbocycles. The SMILES string of the molecule is O=C(Cc1ccc(F)cc1)N/N=C/C=C/c1ccccc1[N+](=O)[O-]. The highest BCUT2D eigenvalue weighted by atomic mass is 19.1. The average molecular weight is 327 g/mol. The number of nitro benzene ring substituents is 1. The monoisotopic (exact) mass is 327 g/mol. The molecule has 1 N–H and O–H groups in total. The number of para-hydroxylation sites is 1. The van der Waals surface area contributed by atoms with Crippen molar-refractivity contribution in [3.8, 4) is 0 Å². The van der Waals surface area contributed by atoms with Gasteiger partial charge in [-0.25, -0.2) is 9.82 Å². The van der Waals surface area contributed by atoms with Gasteiger partial charge in [-0.2, -0.15) is 5.10 Å². The number of hydrogen-bond acceptors (Lipinski definition) is 4. The van der Waals surface area contributed by atoms with E-state index in [-0.39, 0.29) is 23.8 Å². The van der Waals surface area contributed by atoms with Gasteiger partial charge in [0.25, 0.3) is 5.69 Å². The molecule has 0 unspecified atom stereocenters. The van der Waals surface area contributed by atoms with Gasteiger partial charge >= 0.3 is 0 Å². The molecule has 0 aliphatic rings. The largest absolute Gasteiger partial charge is 0.276 e. The van der Waals surface area contributed by atoms with E-state index in [1.165, 1.54) is 48.7 Å². The number of hydrogen-bond donors (Lipinski definition) is 1. The molecule has 24 heavy (non-hydrogen) atoms. The molecule has 0 fully saturated rings. The van der Waals surface area contributed by atoms with Gasteiger partial charge in [0.05, 0.1) is 16.9 Å². The normalized spacial score (nSPS) is 11.0. The summed E-state index contributed by atoms with van der Waals surface area (Å²) in [6.07, 6.45) is 4.40. The van der Waals surface area contributed by atoms with E-state index in [0.29, 0.717) is 11.1 Å². The van der Waals surface area contributed by atoms with Crippen LogP contribution in [0.4, 0.5) is 10.1 Å². The molecule has 2 rings (SSSR count). The van der Waals surface area contributed by atoms with Crippen LogP contribution in [-0.2, 0) is 11.2 Å². The molecule has 0 atom stereocenters. The number of nitrogens with zero attached hydrogens (tertiary/aromatic N) is 2. The number of halogens is 1. The van der Waals surface area contributed by atoms with E-state index in [2.05, 4.69) is 10.5 Å². The van der Waals surface area contributed by atoms with Crippen LogP contribution in [0.2, 0.25) is 0 Å². The van der Waals surface area contributed by atoms with Gasteiger partial charge in [-0.15, -0.1) is 0 Å². The quantitative estimate of drug-likeness (QED) is 0.502. The third-order valence-electron chi connectivity index (χ3n) is 3.04. The fraction of sp³-hybridized carbons (Fsp3) is 0.0588. The topological polar surface area (TPSA) is 84.6 Å². The molecular formula is C17H14FN3O3. The molecule has 0 aromatic heterocycles. The first-order valence-electron chi connectivity index (χ1n) is 7.02. The van der Waals surface area contributed by atoms with Crippen molar-refractivity contribution >= 4 is 23.9 Å². The fourth-order valence-electron chi connectivity index (χ4n) is 1.92. The van der Waals surface area contributed by atoms with Gasteiger partial charge < -0.3 is 0 Å². The Bertz CT molecular complexity index is 786. The number of rotatable bonds is 6. The third-order valence-corrected chi connectivity index (χ3v) is 3.04. The number of amides is 1. The molecule has 1 amide bonds. The second-order valence-electron chi connectivity index (χ2n) is 4.79. The summed E-state index contributed by atoms with van der Waals surface area (Å²) >= 11 is 0. The lowest BCUT2D eigenvalue weighted by molar-refractivity contribution is -0.385. The molecule has 2 aromatic rings. The minimum absolute atomic E-state index is 0.0116. The van der Waals surface area contributed by atoms with E-state index in [1.807, 2.05) is 0 Å². The van der Waals surface area contributed by atoms with Gasteiger partial charge in [-0.1, -0.05) is 24.3 Å². The van der Waals surface area contributed by atoms with E-state index in [9.17, 15) is 19.3 Å². The lowest BCUT2D eigenvalue weighted by atomic mass is 10.1. The Morgan fingerprint density at radius 1 is 1.21 bits per heavy atom. The van der Waals surface area contributed by atoms with Crippen LogP contribution in [0.1, 0.15) is 11.1 Å². The Morgan fingerprint density at radius 3 is 2.62 bits per heavy atom. The first kappa shape index (κ1) is 17.0. The van der Waals surface area contributed by atoms with Gasteiger partial charge in [0.15, 0.2) is 0 Å². The van der Waals surface area contributed by atoms with Crippen molar-refractivity contribution in [1.82, 2.24) is 5.43 Å². The van der Waals surface area contributed by atoms with Crippen LogP contribution >= 0.6 is 0 Å². The molecule has 0 heterocycles. The standard InChI is InChI=1S/C17H14FN3O3/c18-15-9-7-13(8-10-15)12-17(22)20-19-11-3-5-14-4-1-2-6-16(14)21(23)24/h1-11H,12H2,(H,20,22)/b5-3+,19-11+. The van der Waals surface area contributed by atoms with Crippen LogP contribution in [0, 0.1) is 15.9 Å². The Labute approximate surface area is 137 Å². The zero-order valence-corrected chi connectivity index (χ0v) is 12.6. The van der Waals surface area contributed by atoms with Crippen LogP contribution in [0.15, 0.2) is 59.7 Å². The average Bonchev–Trinajstić information content (AvgIpc) is 2.57. The molecule has 0 saturated heterocycles. The number of carbonyl (C=O) groups excluding carboxylic acids is 1. The molecular weight excluding hydrogens is 313 g/mol. The first-order valence-corrected chi connectivity index (χ1v) is 7.02. The molecule has 0 saturated carbocycles. The number of hydrazone groups is 1. The van der Waals surface area contributed by atoms with Crippen molar-refractivity contribution in [1.29, 1.82) is 0 Å². The number of benzene rings is 2. The van der Waals surface area contributed by atoms with Crippen LogP contribution in [0.3, 0.4) is 0 Å². The summed E-state index contributed by atoms with van der Waals surface area (Å²) in [6, 6.07) is 11.9. The van der Waals surface area contributed by atoms with Crippen molar-refractivity contribution in [3.05, 3.63) is 81.7 Å². The van der Waals surface area contributed by atoms with Crippen LogP contribution in [0.5, 0.6) is 0 Å². The first-order chi connectivity index (χ1) is 11.6. The molecule has 7 heteroatoms. The summed E-state index contributed by atoms with van der Waals surface area (Å²) in [7, 11) is 0. The molecule has 122 valence electrons. The molecule has 0 spiro atoms. The second kappa shape index (κ2) is 8.33. The predicted octanol–water partition coefficient (Wildman–Crippen LogP) is 3.09. The van der Waals surface area contributed by atoms with Crippen molar-refractivity contribution < 1.29 is 14.1 Å². The van der Waals surface area contributed by atoms with E-state index in [0.717, 1.165) is 0 Å². The number of nitro groups is 1. The Morgan fingerprint density at radius 2 is 1.92 bits per heavy atom. The number of carbonyl (C=O) groups is 1. The Kier molecular flexibility index (Phi) is 5.90. The molecule has 0 radical (unpaired) electrons. The Balaban J connectivity index is 1.87. The maximum absolute atomic E-state index is 12.8. The van der Waals surface area contributed by atoms with Gasteiger partial charge in [-0.3, -0.25) is 14.9 Å². The highest BCUT2D eigenvalue weighted by Gasteiger charge is 2.08. The minimum Gasteiger partial charge on any atom is -0.273 e. The lowest BCUT2D eigenvalue weighted by Gasteiger charge is -1.99. The summed E-state index contributed by atoms with van der Waals surface area (Å²) in [5.41, 5.74) is 3.41. The molecule has 6 nitrogen and oxygen atoms in total. The Hall–Kier alpha value is -3.35. The number of nitrogens with one attached hydrogen (secondary N) is 1. The van der Waals surface area contributed by atoms with Crippen molar-refractivity contribution in [2.45, 2.75) is 6.42 Å². The van der Waals surface area contributed by atoms with E-state index in [1.54, 1.807) is 18.2 Å². The number of allylic oxidation sites excluding steroid dienone is 1. The van der Waals surface area contributed by atoms with E-state index in [4.69, 9.17) is 0 Å². The van der Waals surface area contributed by atoms with Gasteiger partial charge in [0, 0.05) is 12.3 Å². The minimum atomic E-state index is -0.471. The second-order valence-corrected chi connectivity index (χ2v) is 4.79. The van der Waals surface area contributed by atoms with Crippen LogP contribution in [-0.4, -0.2) is 17.0 Å². The third kappa shape index (κ3) is 5.13. The summed E-state index contributed by atoms with van der Waals surface area (Å²) in [6.45, 7) is 0. The molecule has 0 bridgehead atoms. The van der Waals surface area contributed by atoms with E-state index >= 15 is 0 Å². The summed E-state index contributed by atoms with van der Waals surface area (Å²) in [4.78, 5) is 22.0. The van der Waals surface area contributed by atoms with Crippen molar-refractivity contribution in [2.24, 2.45) is 5.10 Å². The van der Waals surface area contributed by atoms with Crippen LogP contribution < -0.4 is 5.43 Å². The highest BCUT2D eigenvalue weighted by Crippen LogP contribution is 2.18. The van der Waals surface area contributed by atoms with Crippen molar-refractivity contribution in [2.75, 3.05) is 0 Å². The summed E-state index contributed by atoms with van der Waals surface area (Å²) in [5.74, 6) is -0.714. The smallest absolute Gasteiger partial charge is 0.273 e. The molecule has 2 aromatic carbocycles. The predicted molar refractivity (Wildman–Crippen MR) is 88.9 cm³/mol. The van der Waals surface area contributed by atoms with Gasteiger partial charge in [-0.05, 0) is 35.9 Å². The zero-order valence-electron chi connectivity index (χ0n) is 12.6. The highest BCUT2D eigenvalue weighted by molar-refractivity contribution is 5.83. The molecule has 0 aliphatic heterocycles. The lowest BCUT2D eigenvalue weighted by Crippen LogP contribution is -2.19. The maximum atomic E-state index is 12.8. The van der Waals surface area contributed by atoms with E-state index < -0.39 is 4.92 Å². The summed E-state index contributed by atoms with van der Waals surface area (Å²) < 4.78 is 12.8. The van der Waals surface area contributed by atoms with Gasteiger partial charge in [0.2, 0.25) is 5.91 Å². The van der Waals surface area contributed by atoms with Crippen LogP contribution in [0.25, 0.3) is 6.08 Å². The summed E-state index contributed by atoms with van der Waals surface area (Å²) in [5, 5.41) is 14.6. The van der Waals surface area contributed by atoms with Crippen molar-refractivity contribution in [3.63, 3.8) is 0 Å².